The third-order valence-corrected chi connectivity index (χ3v) is 5.56. The first-order valence-electron chi connectivity index (χ1n) is 9.22. The SMILES string of the molecule is C[C@@H]1Cc2c(C(=O)NCCN3CCN(C)C(C)(C)C3)n[nH]c2[C@H](C)O1. The molecule has 0 spiro atoms. The number of likely N-dealkylation sites (N-methyl/N-ethyl adjacent to an activating group) is 1. The van der Waals surface area contributed by atoms with E-state index in [4.69, 9.17) is 4.74 Å². The molecule has 0 unspecified atom stereocenters. The Hall–Kier alpha value is -1.44. The number of piperazine rings is 1. The molecule has 7 nitrogen and oxygen atoms in total. The van der Waals surface area contributed by atoms with Crippen molar-refractivity contribution in [3.63, 3.8) is 0 Å². The largest absolute Gasteiger partial charge is 0.369 e. The van der Waals surface area contributed by atoms with Gasteiger partial charge in [-0.05, 0) is 34.7 Å². The average molecular weight is 349 g/mol. The van der Waals surface area contributed by atoms with Crippen LogP contribution in [-0.2, 0) is 11.2 Å². The minimum atomic E-state index is -0.0906. The first kappa shape index (κ1) is 18.4. The van der Waals surface area contributed by atoms with Gasteiger partial charge in [0.05, 0.1) is 17.9 Å². The van der Waals surface area contributed by atoms with E-state index in [0.29, 0.717) is 12.2 Å². The van der Waals surface area contributed by atoms with Crippen molar-refractivity contribution in [3.8, 4) is 0 Å². The number of hydrogen-bond donors (Lipinski definition) is 2. The lowest BCUT2D eigenvalue weighted by atomic mass is 9.99. The van der Waals surface area contributed by atoms with Crippen molar-refractivity contribution in [2.45, 2.75) is 51.9 Å². The molecule has 0 radical (unpaired) electrons. The molecule has 2 N–H and O–H groups in total. The lowest BCUT2D eigenvalue weighted by Crippen LogP contribution is -2.58. The molecule has 0 aromatic carbocycles. The van der Waals surface area contributed by atoms with Gasteiger partial charge in [0.1, 0.15) is 0 Å². The van der Waals surface area contributed by atoms with Crippen molar-refractivity contribution in [2.24, 2.45) is 0 Å². The molecule has 7 heteroatoms. The van der Waals surface area contributed by atoms with Crippen LogP contribution in [0, 0.1) is 0 Å². The minimum Gasteiger partial charge on any atom is -0.369 e. The van der Waals surface area contributed by atoms with Gasteiger partial charge in [-0.15, -0.1) is 0 Å². The van der Waals surface area contributed by atoms with E-state index in [1.54, 1.807) is 0 Å². The predicted octanol–water partition coefficient (Wildman–Crippen LogP) is 1.19. The van der Waals surface area contributed by atoms with Crippen LogP contribution in [0.2, 0.25) is 0 Å². The number of amides is 1. The molecule has 1 aromatic rings. The molecule has 0 bridgehead atoms. The summed E-state index contributed by atoms with van der Waals surface area (Å²) in [7, 11) is 2.17. The van der Waals surface area contributed by atoms with E-state index < -0.39 is 0 Å². The zero-order valence-corrected chi connectivity index (χ0v) is 16.1. The van der Waals surface area contributed by atoms with Gasteiger partial charge in [-0.1, -0.05) is 0 Å². The quantitative estimate of drug-likeness (QED) is 0.854. The van der Waals surface area contributed by atoms with Crippen LogP contribution in [0.4, 0.5) is 0 Å². The molecule has 25 heavy (non-hydrogen) atoms. The summed E-state index contributed by atoms with van der Waals surface area (Å²) in [6.45, 7) is 13.2. The van der Waals surface area contributed by atoms with Crippen LogP contribution in [0.15, 0.2) is 0 Å². The Kier molecular flexibility index (Phi) is 5.18. The Morgan fingerprint density at radius 3 is 2.88 bits per heavy atom. The van der Waals surface area contributed by atoms with Crippen molar-refractivity contribution in [1.29, 1.82) is 0 Å². The molecule has 0 aliphatic carbocycles. The first-order chi connectivity index (χ1) is 11.8. The molecule has 1 aromatic heterocycles. The number of hydrogen-bond acceptors (Lipinski definition) is 5. The van der Waals surface area contributed by atoms with Gasteiger partial charge in [-0.3, -0.25) is 19.7 Å². The highest BCUT2D eigenvalue weighted by Gasteiger charge is 2.31. The van der Waals surface area contributed by atoms with Gasteiger partial charge in [-0.25, -0.2) is 0 Å². The summed E-state index contributed by atoms with van der Waals surface area (Å²) in [5, 5.41) is 10.3. The van der Waals surface area contributed by atoms with Gasteiger partial charge in [0.15, 0.2) is 5.69 Å². The molecule has 3 heterocycles. The number of carbonyl (C=O) groups is 1. The second kappa shape index (κ2) is 7.05. The lowest BCUT2D eigenvalue weighted by molar-refractivity contribution is -0.00697. The highest BCUT2D eigenvalue weighted by atomic mass is 16.5. The monoisotopic (exact) mass is 349 g/mol. The Balaban J connectivity index is 1.54. The summed E-state index contributed by atoms with van der Waals surface area (Å²) < 4.78 is 5.78. The van der Waals surface area contributed by atoms with E-state index in [2.05, 4.69) is 46.2 Å². The number of fused-ring (bicyclic) bond motifs is 1. The number of nitrogens with one attached hydrogen (secondary N) is 2. The maximum Gasteiger partial charge on any atom is 0.272 e. The molecule has 3 rings (SSSR count). The van der Waals surface area contributed by atoms with Crippen molar-refractivity contribution in [1.82, 2.24) is 25.3 Å². The summed E-state index contributed by atoms with van der Waals surface area (Å²) in [6.07, 6.45) is 0.797. The molecule has 1 saturated heterocycles. The summed E-state index contributed by atoms with van der Waals surface area (Å²) in [5.41, 5.74) is 2.64. The highest BCUT2D eigenvalue weighted by Crippen LogP contribution is 2.30. The number of aromatic amines is 1. The molecule has 1 amide bonds. The third kappa shape index (κ3) is 3.88. The predicted molar refractivity (Wildman–Crippen MR) is 96.7 cm³/mol. The van der Waals surface area contributed by atoms with Crippen molar-refractivity contribution in [3.05, 3.63) is 17.0 Å². The molecule has 0 saturated carbocycles. The van der Waals surface area contributed by atoms with E-state index >= 15 is 0 Å². The summed E-state index contributed by atoms with van der Waals surface area (Å²) in [4.78, 5) is 17.4. The molecule has 2 aliphatic heterocycles. The number of rotatable bonds is 4. The van der Waals surface area contributed by atoms with Crippen LogP contribution in [0.1, 0.15) is 55.5 Å². The fourth-order valence-corrected chi connectivity index (χ4v) is 3.80. The number of H-pyrrole nitrogens is 1. The normalized spacial score (nSPS) is 27.1. The van der Waals surface area contributed by atoms with Crippen LogP contribution in [0.3, 0.4) is 0 Å². The van der Waals surface area contributed by atoms with Crippen molar-refractivity contribution in [2.75, 3.05) is 39.8 Å². The standard InChI is InChI=1S/C18H31N5O2/c1-12-10-14-15(13(2)25-12)20-21-16(14)17(24)19-6-7-23-9-8-22(5)18(3,4)11-23/h12-13H,6-11H2,1-5H3,(H,19,24)(H,20,21)/t12-,13+/m1/s1. The topological polar surface area (TPSA) is 73.5 Å². The second-order valence-electron chi connectivity index (χ2n) is 8.02. The van der Waals surface area contributed by atoms with Gasteiger partial charge in [0, 0.05) is 50.2 Å². The molecule has 2 atom stereocenters. The van der Waals surface area contributed by atoms with Gasteiger partial charge < -0.3 is 10.1 Å². The van der Waals surface area contributed by atoms with Crippen molar-refractivity contribution >= 4 is 5.91 Å². The van der Waals surface area contributed by atoms with Crippen LogP contribution in [-0.4, -0.2) is 77.3 Å². The van der Waals surface area contributed by atoms with E-state index in [-0.39, 0.29) is 23.7 Å². The fraction of sp³-hybridized carbons (Fsp3) is 0.778. The Morgan fingerprint density at radius 2 is 2.16 bits per heavy atom. The highest BCUT2D eigenvalue weighted by molar-refractivity contribution is 5.94. The fourth-order valence-electron chi connectivity index (χ4n) is 3.80. The number of nitrogens with zero attached hydrogens (tertiary/aromatic N) is 3. The lowest BCUT2D eigenvalue weighted by Gasteiger charge is -2.45. The second-order valence-corrected chi connectivity index (χ2v) is 8.02. The van der Waals surface area contributed by atoms with Crippen LogP contribution in [0.5, 0.6) is 0 Å². The molecule has 140 valence electrons. The Bertz CT molecular complexity index is 627. The van der Waals surface area contributed by atoms with Gasteiger partial charge in [0.25, 0.3) is 5.91 Å². The van der Waals surface area contributed by atoms with Crippen molar-refractivity contribution < 1.29 is 9.53 Å². The van der Waals surface area contributed by atoms with Crippen LogP contribution in [0.25, 0.3) is 0 Å². The molecule has 1 fully saturated rings. The van der Waals surface area contributed by atoms with Gasteiger partial charge in [0.2, 0.25) is 0 Å². The van der Waals surface area contributed by atoms with Crippen LogP contribution >= 0.6 is 0 Å². The maximum absolute atomic E-state index is 12.6. The van der Waals surface area contributed by atoms with E-state index in [9.17, 15) is 4.79 Å². The minimum absolute atomic E-state index is 0.0413. The number of aromatic nitrogens is 2. The third-order valence-electron chi connectivity index (χ3n) is 5.56. The van der Waals surface area contributed by atoms with E-state index in [1.807, 2.05) is 13.8 Å². The zero-order valence-electron chi connectivity index (χ0n) is 16.1. The van der Waals surface area contributed by atoms with E-state index in [1.165, 1.54) is 0 Å². The van der Waals surface area contributed by atoms with Gasteiger partial charge >= 0.3 is 0 Å². The van der Waals surface area contributed by atoms with Crippen LogP contribution < -0.4 is 5.32 Å². The smallest absolute Gasteiger partial charge is 0.272 e. The molecular formula is C18H31N5O2. The molecule has 2 aliphatic rings. The summed E-state index contributed by atoms with van der Waals surface area (Å²) in [5.74, 6) is -0.0906. The zero-order chi connectivity index (χ0) is 18.2. The summed E-state index contributed by atoms with van der Waals surface area (Å²) >= 11 is 0. The number of carbonyl (C=O) groups excluding carboxylic acids is 1. The first-order valence-corrected chi connectivity index (χ1v) is 9.22. The van der Waals surface area contributed by atoms with E-state index in [0.717, 1.165) is 43.9 Å². The van der Waals surface area contributed by atoms with Gasteiger partial charge in [-0.2, -0.15) is 5.10 Å². The average Bonchev–Trinajstić information content (AvgIpc) is 2.94. The molecular weight excluding hydrogens is 318 g/mol. The Morgan fingerprint density at radius 1 is 1.40 bits per heavy atom. The summed E-state index contributed by atoms with van der Waals surface area (Å²) in [6, 6.07) is 0. The number of ether oxygens (including phenoxy) is 1. The maximum atomic E-state index is 12.6. The Labute approximate surface area is 150 Å².